The molecule has 2 N–H and O–H groups in total. The molecule has 0 bridgehead atoms. The molecule has 0 radical (unpaired) electrons. The molecule has 1 aromatic rings. The highest BCUT2D eigenvalue weighted by Crippen LogP contribution is 2.29. The molecule has 1 aromatic carbocycles. The van der Waals surface area contributed by atoms with Crippen LogP contribution in [0.15, 0.2) is 16.6 Å². The zero-order valence-electron chi connectivity index (χ0n) is 9.17. The maximum atomic E-state index is 13.6. The third-order valence-electron chi connectivity index (χ3n) is 2.33. The Balaban J connectivity index is 2.78. The molecule has 0 aliphatic rings. The minimum atomic E-state index is -0.584. The van der Waals surface area contributed by atoms with E-state index < -0.39 is 11.9 Å². The topological polar surface area (TPSA) is 52.3 Å². The molecular formula is C11H12BrClFNO2. The summed E-state index contributed by atoms with van der Waals surface area (Å²) >= 11 is 8.97. The summed E-state index contributed by atoms with van der Waals surface area (Å²) in [7, 11) is 1.30. The maximum absolute atomic E-state index is 13.6. The van der Waals surface area contributed by atoms with Gasteiger partial charge in [-0.1, -0.05) is 11.6 Å². The molecule has 0 aliphatic carbocycles. The van der Waals surface area contributed by atoms with Crippen LogP contribution in [0.1, 0.15) is 24.4 Å². The fourth-order valence-electron chi connectivity index (χ4n) is 1.35. The Bertz CT molecular complexity index is 428. The molecule has 0 fully saturated rings. The number of halogens is 3. The van der Waals surface area contributed by atoms with E-state index in [0.29, 0.717) is 21.5 Å². The Labute approximate surface area is 112 Å². The number of methoxy groups -OCH3 is 1. The summed E-state index contributed by atoms with van der Waals surface area (Å²) in [6.07, 6.45) is 0.451. The molecule has 1 unspecified atom stereocenters. The van der Waals surface area contributed by atoms with Crippen LogP contribution in [0.4, 0.5) is 4.39 Å². The summed E-state index contributed by atoms with van der Waals surface area (Å²) in [6.45, 7) is 0. The SMILES string of the molecule is COC(=O)CCC(N)c1cc(Cl)c(Br)cc1F. The van der Waals surface area contributed by atoms with E-state index in [2.05, 4.69) is 20.7 Å². The molecule has 17 heavy (non-hydrogen) atoms. The van der Waals surface area contributed by atoms with Crippen molar-refractivity contribution in [3.05, 3.63) is 33.0 Å². The molecule has 0 amide bonds. The van der Waals surface area contributed by atoms with Gasteiger partial charge in [0.2, 0.25) is 0 Å². The first-order valence-electron chi connectivity index (χ1n) is 4.92. The molecule has 1 atom stereocenters. The molecule has 94 valence electrons. The van der Waals surface area contributed by atoms with Gasteiger partial charge in [-0.15, -0.1) is 0 Å². The molecule has 0 aromatic heterocycles. The fourth-order valence-corrected chi connectivity index (χ4v) is 1.84. The second kappa shape index (κ2) is 6.33. The van der Waals surface area contributed by atoms with Crippen molar-refractivity contribution in [1.29, 1.82) is 0 Å². The Kier molecular flexibility index (Phi) is 5.36. The quantitative estimate of drug-likeness (QED) is 0.683. The number of hydrogen-bond acceptors (Lipinski definition) is 3. The minimum Gasteiger partial charge on any atom is -0.469 e. The largest absolute Gasteiger partial charge is 0.469 e. The number of benzene rings is 1. The van der Waals surface area contributed by atoms with E-state index in [1.54, 1.807) is 0 Å². The van der Waals surface area contributed by atoms with Crippen molar-refractivity contribution >= 4 is 33.5 Å². The lowest BCUT2D eigenvalue weighted by molar-refractivity contribution is -0.140. The van der Waals surface area contributed by atoms with E-state index in [-0.39, 0.29) is 12.4 Å². The molecule has 0 heterocycles. The Morgan fingerprint density at radius 2 is 2.29 bits per heavy atom. The van der Waals surface area contributed by atoms with Crippen LogP contribution in [0.25, 0.3) is 0 Å². The van der Waals surface area contributed by atoms with Crippen LogP contribution in [0.5, 0.6) is 0 Å². The zero-order valence-corrected chi connectivity index (χ0v) is 11.5. The van der Waals surface area contributed by atoms with Crippen molar-refractivity contribution in [3.63, 3.8) is 0 Å². The maximum Gasteiger partial charge on any atom is 0.305 e. The summed E-state index contributed by atoms with van der Waals surface area (Å²) in [5.74, 6) is -0.817. The number of esters is 1. The summed E-state index contributed by atoms with van der Waals surface area (Å²) in [5, 5.41) is 0.384. The lowest BCUT2D eigenvalue weighted by Gasteiger charge is -2.13. The standard InChI is InChI=1S/C11H12BrClFNO2/c1-17-11(16)3-2-10(15)6-4-8(13)7(12)5-9(6)14/h4-5,10H,2-3,15H2,1H3. The zero-order chi connectivity index (χ0) is 13.0. The molecule has 3 nitrogen and oxygen atoms in total. The number of carbonyl (C=O) groups excluding carboxylic acids is 1. The average Bonchev–Trinajstić information content (AvgIpc) is 2.30. The molecular weight excluding hydrogens is 312 g/mol. The molecule has 0 spiro atoms. The first-order chi connectivity index (χ1) is 7.95. The number of nitrogens with two attached hydrogens (primary N) is 1. The lowest BCUT2D eigenvalue weighted by atomic mass is 10.0. The number of rotatable bonds is 4. The Morgan fingerprint density at radius 3 is 2.88 bits per heavy atom. The van der Waals surface area contributed by atoms with E-state index >= 15 is 0 Å². The lowest BCUT2D eigenvalue weighted by Crippen LogP contribution is -2.14. The predicted octanol–water partition coefficient (Wildman–Crippen LogP) is 3.19. The van der Waals surface area contributed by atoms with E-state index in [9.17, 15) is 9.18 Å². The molecule has 6 heteroatoms. The highest BCUT2D eigenvalue weighted by atomic mass is 79.9. The number of hydrogen-bond donors (Lipinski definition) is 1. The average molecular weight is 325 g/mol. The van der Waals surface area contributed by atoms with Gasteiger partial charge in [-0.2, -0.15) is 0 Å². The van der Waals surface area contributed by atoms with Crippen LogP contribution in [-0.2, 0) is 9.53 Å². The summed E-state index contributed by atoms with van der Waals surface area (Å²) in [5.41, 5.74) is 6.09. The van der Waals surface area contributed by atoms with Gasteiger partial charge in [0.25, 0.3) is 0 Å². The summed E-state index contributed by atoms with van der Waals surface area (Å²) in [6, 6.07) is 2.14. The van der Waals surface area contributed by atoms with E-state index in [0.717, 1.165) is 0 Å². The van der Waals surface area contributed by atoms with Gasteiger partial charge in [-0.3, -0.25) is 4.79 Å². The van der Waals surface area contributed by atoms with Gasteiger partial charge in [0.15, 0.2) is 0 Å². The van der Waals surface area contributed by atoms with Crippen LogP contribution < -0.4 is 5.73 Å². The monoisotopic (exact) mass is 323 g/mol. The predicted molar refractivity (Wildman–Crippen MR) is 67.3 cm³/mol. The first kappa shape index (κ1) is 14.4. The molecule has 1 rings (SSSR count). The van der Waals surface area contributed by atoms with E-state index in [1.807, 2.05) is 0 Å². The van der Waals surface area contributed by atoms with E-state index in [4.69, 9.17) is 17.3 Å². The van der Waals surface area contributed by atoms with Gasteiger partial charge < -0.3 is 10.5 Å². The second-order valence-corrected chi connectivity index (χ2v) is 4.77. The van der Waals surface area contributed by atoms with Gasteiger partial charge in [-0.05, 0) is 34.5 Å². The normalized spacial score (nSPS) is 12.3. The van der Waals surface area contributed by atoms with Crippen LogP contribution in [0.3, 0.4) is 0 Å². The minimum absolute atomic E-state index is 0.144. The van der Waals surface area contributed by atoms with Crippen molar-refractivity contribution < 1.29 is 13.9 Å². The molecule has 0 saturated heterocycles. The molecule has 0 aliphatic heterocycles. The first-order valence-corrected chi connectivity index (χ1v) is 6.09. The smallest absolute Gasteiger partial charge is 0.305 e. The van der Waals surface area contributed by atoms with Gasteiger partial charge in [0.05, 0.1) is 12.1 Å². The van der Waals surface area contributed by atoms with Crippen molar-refractivity contribution in [2.75, 3.05) is 7.11 Å². The highest BCUT2D eigenvalue weighted by molar-refractivity contribution is 9.10. The summed E-state index contributed by atoms with van der Waals surface area (Å²) in [4.78, 5) is 10.9. The van der Waals surface area contributed by atoms with E-state index in [1.165, 1.54) is 19.2 Å². The molecule has 0 saturated carbocycles. The second-order valence-electron chi connectivity index (χ2n) is 3.51. The highest BCUT2D eigenvalue weighted by Gasteiger charge is 2.15. The Hall–Kier alpha value is -0.650. The van der Waals surface area contributed by atoms with Crippen molar-refractivity contribution in [1.82, 2.24) is 0 Å². The van der Waals surface area contributed by atoms with Crippen molar-refractivity contribution in [2.24, 2.45) is 5.73 Å². The van der Waals surface area contributed by atoms with Gasteiger partial charge >= 0.3 is 5.97 Å². The fraction of sp³-hybridized carbons (Fsp3) is 0.364. The van der Waals surface area contributed by atoms with Crippen LogP contribution in [0, 0.1) is 5.82 Å². The number of ether oxygens (including phenoxy) is 1. The summed E-state index contributed by atoms with van der Waals surface area (Å²) < 4.78 is 18.6. The van der Waals surface area contributed by atoms with Gasteiger partial charge in [0.1, 0.15) is 5.82 Å². The van der Waals surface area contributed by atoms with Gasteiger partial charge in [0, 0.05) is 22.5 Å². The van der Waals surface area contributed by atoms with Crippen LogP contribution >= 0.6 is 27.5 Å². The van der Waals surface area contributed by atoms with Crippen LogP contribution in [0.2, 0.25) is 5.02 Å². The third kappa shape index (κ3) is 3.94. The van der Waals surface area contributed by atoms with Gasteiger partial charge in [-0.25, -0.2) is 4.39 Å². The van der Waals surface area contributed by atoms with Crippen LogP contribution in [-0.4, -0.2) is 13.1 Å². The third-order valence-corrected chi connectivity index (χ3v) is 3.52. The number of carbonyl (C=O) groups is 1. The van der Waals surface area contributed by atoms with Crippen molar-refractivity contribution in [3.8, 4) is 0 Å². The van der Waals surface area contributed by atoms with Crippen molar-refractivity contribution in [2.45, 2.75) is 18.9 Å². The Morgan fingerprint density at radius 1 is 1.65 bits per heavy atom.